The van der Waals surface area contributed by atoms with E-state index in [1.165, 1.54) is 0 Å². The van der Waals surface area contributed by atoms with Crippen LogP contribution in [0.5, 0.6) is 0 Å². The van der Waals surface area contributed by atoms with Gasteiger partial charge in [0, 0.05) is 36.0 Å². The minimum Gasteiger partial charge on any atom is -0.443 e. The highest BCUT2D eigenvalue weighted by molar-refractivity contribution is 5.95. The van der Waals surface area contributed by atoms with Gasteiger partial charge in [-0.3, -0.25) is 14.4 Å². The van der Waals surface area contributed by atoms with Crippen LogP contribution in [0, 0.1) is 17.3 Å². The van der Waals surface area contributed by atoms with E-state index in [1.807, 2.05) is 69.4 Å². The maximum Gasteiger partial charge on any atom is 0.312 e. The van der Waals surface area contributed by atoms with Gasteiger partial charge in [0.2, 0.25) is 5.91 Å². The summed E-state index contributed by atoms with van der Waals surface area (Å²) in [5.41, 5.74) is 3.01. The minimum absolute atomic E-state index is 0.0915. The molecule has 2 amide bonds. The number of para-hydroxylation sites is 1. The van der Waals surface area contributed by atoms with Crippen LogP contribution >= 0.6 is 0 Å². The van der Waals surface area contributed by atoms with E-state index in [2.05, 4.69) is 27.7 Å². The number of likely N-dealkylation sites (tertiary alicyclic amines) is 1. The zero-order chi connectivity index (χ0) is 30.1. The molecule has 43 heavy (non-hydrogen) atoms. The highest BCUT2D eigenvalue weighted by Gasteiger charge is 2.49. The largest absolute Gasteiger partial charge is 0.443 e. The SMILES string of the molecule is CC(C)(C)C(=O)OCn1cnc([C@H]2Nc3ccccc3[C@@H]3[C@H]2CCN3C(=O)C2CCCC[C@H]2NC(=O)c2ccccc2)c1. The lowest BCUT2D eigenvalue weighted by Gasteiger charge is -2.41. The Hall–Kier alpha value is -4.14. The molecule has 3 heterocycles. The Labute approximate surface area is 253 Å². The summed E-state index contributed by atoms with van der Waals surface area (Å²) in [6.45, 7) is 6.25. The number of esters is 1. The Morgan fingerprint density at radius 1 is 1.00 bits per heavy atom. The Morgan fingerprint density at radius 3 is 2.53 bits per heavy atom. The summed E-state index contributed by atoms with van der Waals surface area (Å²) in [5.74, 6) is -0.391. The van der Waals surface area contributed by atoms with Gasteiger partial charge in [0.1, 0.15) is 0 Å². The number of aromatic nitrogens is 2. The van der Waals surface area contributed by atoms with Crippen molar-refractivity contribution in [1.82, 2.24) is 19.8 Å². The van der Waals surface area contributed by atoms with E-state index < -0.39 is 5.41 Å². The van der Waals surface area contributed by atoms with Crippen LogP contribution in [-0.4, -0.2) is 44.8 Å². The number of nitrogens with one attached hydrogen (secondary N) is 2. The maximum atomic E-state index is 14.4. The second kappa shape index (κ2) is 11.9. The molecule has 1 aliphatic carbocycles. The number of hydrogen-bond donors (Lipinski definition) is 2. The number of carbonyl (C=O) groups excluding carboxylic acids is 3. The average molecular weight is 584 g/mol. The fourth-order valence-electron chi connectivity index (χ4n) is 6.88. The van der Waals surface area contributed by atoms with Gasteiger partial charge in [-0.25, -0.2) is 4.98 Å². The molecule has 2 aromatic carbocycles. The van der Waals surface area contributed by atoms with Crippen LogP contribution in [0.3, 0.4) is 0 Å². The van der Waals surface area contributed by atoms with Gasteiger partial charge in [-0.05, 0) is 63.8 Å². The molecule has 226 valence electrons. The number of carbonyl (C=O) groups is 3. The Morgan fingerprint density at radius 2 is 1.74 bits per heavy atom. The van der Waals surface area contributed by atoms with Crippen molar-refractivity contribution in [2.45, 2.75) is 77.7 Å². The normalized spacial score (nSPS) is 24.8. The van der Waals surface area contributed by atoms with E-state index in [0.717, 1.165) is 49.0 Å². The topological polar surface area (TPSA) is 106 Å². The number of anilines is 1. The zero-order valence-electron chi connectivity index (χ0n) is 25.2. The summed E-state index contributed by atoms with van der Waals surface area (Å²) in [4.78, 5) is 46.5. The number of amides is 2. The molecule has 0 bridgehead atoms. The van der Waals surface area contributed by atoms with Gasteiger partial charge in [0.15, 0.2) is 6.73 Å². The third kappa shape index (κ3) is 5.90. The molecule has 5 atom stereocenters. The number of imidazole rings is 1. The molecule has 0 spiro atoms. The number of benzene rings is 2. The monoisotopic (exact) mass is 583 g/mol. The predicted molar refractivity (Wildman–Crippen MR) is 163 cm³/mol. The van der Waals surface area contributed by atoms with Gasteiger partial charge in [-0.15, -0.1) is 0 Å². The molecule has 3 aromatic rings. The standard InChI is InChI=1S/C34H41N5O4/c1-34(2,3)33(42)43-21-38-19-28(35-20-38)29-25-17-18-39(30(25)23-13-7-9-15-26(23)36-29)32(41)24-14-8-10-16-27(24)37-31(40)22-11-5-4-6-12-22/h4-7,9,11-13,15,19-20,24-25,27,29-30,36H,8,10,14,16-18,21H2,1-3H3,(H,37,40)/t24?,25-,27+,29-,30+/m0/s1. The van der Waals surface area contributed by atoms with E-state index >= 15 is 0 Å². The van der Waals surface area contributed by atoms with Crippen LogP contribution in [0.1, 0.15) is 86.6 Å². The molecular weight excluding hydrogens is 542 g/mol. The number of ether oxygens (including phenoxy) is 1. The summed E-state index contributed by atoms with van der Waals surface area (Å²) in [7, 11) is 0. The quantitative estimate of drug-likeness (QED) is 0.373. The van der Waals surface area contributed by atoms with Crippen molar-refractivity contribution in [1.29, 1.82) is 0 Å². The third-order valence-electron chi connectivity index (χ3n) is 9.11. The Bertz CT molecular complexity index is 1480. The fourth-order valence-corrected chi connectivity index (χ4v) is 6.88. The second-order valence-corrected chi connectivity index (χ2v) is 13.1. The van der Waals surface area contributed by atoms with E-state index in [0.29, 0.717) is 12.1 Å². The Kier molecular flexibility index (Phi) is 7.99. The number of nitrogens with zero attached hydrogens (tertiary/aromatic N) is 3. The maximum absolute atomic E-state index is 14.4. The predicted octanol–water partition coefficient (Wildman–Crippen LogP) is 5.48. The highest BCUT2D eigenvalue weighted by atomic mass is 16.5. The van der Waals surface area contributed by atoms with Gasteiger partial charge in [0.25, 0.3) is 5.91 Å². The summed E-state index contributed by atoms with van der Waals surface area (Å²) < 4.78 is 7.29. The molecule has 9 heteroatoms. The summed E-state index contributed by atoms with van der Waals surface area (Å²) >= 11 is 0. The first-order chi connectivity index (χ1) is 20.7. The smallest absolute Gasteiger partial charge is 0.312 e. The van der Waals surface area contributed by atoms with Crippen molar-refractivity contribution in [3.05, 3.63) is 83.9 Å². The van der Waals surface area contributed by atoms with E-state index in [4.69, 9.17) is 9.72 Å². The number of fused-ring (bicyclic) bond motifs is 3. The molecule has 2 N–H and O–H groups in total. The molecule has 3 aliphatic rings. The fraction of sp³-hybridized carbons (Fsp3) is 0.471. The molecule has 6 rings (SSSR count). The van der Waals surface area contributed by atoms with Gasteiger partial charge in [-0.1, -0.05) is 49.2 Å². The van der Waals surface area contributed by atoms with E-state index in [1.54, 1.807) is 10.9 Å². The van der Waals surface area contributed by atoms with E-state index in [-0.39, 0.29) is 54.5 Å². The highest BCUT2D eigenvalue weighted by Crippen LogP contribution is 2.51. The molecule has 1 saturated carbocycles. The van der Waals surface area contributed by atoms with Crippen molar-refractivity contribution >= 4 is 23.5 Å². The molecule has 2 fully saturated rings. The molecule has 0 radical (unpaired) electrons. The summed E-state index contributed by atoms with van der Waals surface area (Å²) in [5, 5.41) is 6.90. The minimum atomic E-state index is -0.577. The third-order valence-corrected chi connectivity index (χ3v) is 9.11. The van der Waals surface area contributed by atoms with Gasteiger partial charge < -0.3 is 24.8 Å². The van der Waals surface area contributed by atoms with Crippen LogP contribution in [0.2, 0.25) is 0 Å². The lowest BCUT2D eigenvalue weighted by atomic mass is 9.80. The van der Waals surface area contributed by atoms with Crippen LogP contribution in [-0.2, 0) is 21.1 Å². The van der Waals surface area contributed by atoms with Crippen molar-refractivity contribution in [3.63, 3.8) is 0 Å². The second-order valence-electron chi connectivity index (χ2n) is 13.1. The van der Waals surface area contributed by atoms with E-state index in [9.17, 15) is 14.4 Å². The first-order valence-corrected chi connectivity index (χ1v) is 15.4. The first kappa shape index (κ1) is 29.0. The molecule has 1 aromatic heterocycles. The van der Waals surface area contributed by atoms with Crippen molar-refractivity contribution < 1.29 is 19.1 Å². The number of rotatable bonds is 6. The molecule has 1 saturated heterocycles. The van der Waals surface area contributed by atoms with Gasteiger partial charge in [-0.2, -0.15) is 0 Å². The van der Waals surface area contributed by atoms with Crippen LogP contribution in [0.25, 0.3) is 0 Å². The summed E-state index contributed by atoms with van der Waals surface area (Å²) in [6, 6.07) is 17.0. The van der Waals surface area contributed by atoms with Gasteiger partial charge in [0.05, 0.1) is 35.4 Å². The molecule has 2 aliphatic heterocycles. The molecular formula is C34H41N5O4. The molecule has 1 unspecified atom stereocenters. The summed E-state index contributed by atoms with van der Waals surface area (Å²) in [6.07, 6.45) is 8.01. The van der Waals surface area contributed by atoms with Crippen LogP contribution in [0.4, 0.5) is 5.69 Å². The van der Waals surface area contributed by atoms with Crippen LogP contribution in [0.15, 0.2) is 67.1 Å². The van der Waals surface area contributed by atoms with Crippen molar-refractivity contribution in [3.8, 4) is 0 Å². The lowest BCUT2D eigenvalue weighted by Crippen LogP contribution is -2.50. The zero-order valence-corrected chi connectivity index (χ0v) is 25.2. The van der Waals surface area contributed by atoms with Crippen LogP contribution < -0.4 is 10.6 Å². The van der Waals surface area contributed by atoms with Crippen molar-refractivity contribution in [2.24, 2.45) is 17.3 Å². The first-order valence-electron chi connectivity index (χ1n) is 15.4. The van der Waals surface area contributed by atoms with Gasteiger partial charge >= 0.3 is 5.97 Å². The van der Waals surface area contributed by atoms with Crippen molar-refractivity contribution in [2.75, 3.05) is 11.9 Å². The average Bonchev–Trinajstić information content (AvgIpc) is 3.67. The molecule has 9 nitrogen and oxygen atoms in total. The lowest BCUT2D eigenvalue weighted by molar-refractivity contribution is -0.157. The Balaban J connectivity index is 1.22. The number of hydrogen-bond acceptors (Lipinski definition) is 6.